The topological polar surface area (TPSA) is 103 Å². The van der Waals surface area contributed by atoms with Crippen molar-refractivity contribution in [2.24, 2.45) is 0 Å². The zero-order valence-electron chi connectivity index (χ0n) is 11.0. The maximum absolute atomic E-state index is 12.6. The number of nitrogens with zero attached hydrogens (tertiary/aromatic N) is 2. The van der Waals surface area contributed by atoms with Crippen LogP contribution < -0.4 is 4.31 Å². The predicted molar refractivity (Wildman–Crippen MR) is 74.8 cm³/mol. The van der Waals surface area contributed by atoms with E-state index in [0.717, 1.165) is 0 Å². The van der Waals surface area contributed by atoms with E-state index in [0.29, 0.717) is 30.6 Å². The van der Waals surface area contributed by atoms with Crippen LogP contribution in [0.25, 0.3) is 0 Å². The van der Waals surface area contributed by atoms with Gasteiger partial charge < -0.3 is 5.11 Å². The molecule has 1 aromatic carbocycles. The summed E-state index contributed by atoms with van der Waals surface area (Å²) in [6.07, 6.45) is 2.49. The molecule has 0 spiro atoms. The highest BCUT2D eigenvalue weighted by molar-refractivity contribution is 7.92. The van der Waals surface area contributed by atoms with Gasteiger partial charge in [0.1, 0.15) is 0 Å². The number of sulfonamides is 1. The summed E-state index contributed by atoms with van der Waals surface area (Å²) in [5, 5.41) is 15.3. The zero-order valence-corrected chi connectivity index (χ0v) is 11.8. The largest absolute Gasteiger partial charge is 0.478 e. The van der Waals surface area contributed by atoms with Gasteiger partial charge in [0.05, 0.1) is 17.4 Å². The Hall–Kier alpha value is -2.35. The zero-order chi connectivity index (χ0) is 15.0. The van der Waals surface area contributed by atoms with E-state index in [9.17, 15) is 18.3 Å². The van der Waals surface area contributed by atoms with Crippen LogP contribution in [0.1, 0.15) is 22.3 Å². The van der Waals surface area contributed by atoms with E-state index in [2.05, 4.69) is 10.2 Å². The van der Waals surface area contributed by atoms with Crippen molar-refractivity contribution in [3.05, 3.63) is 41.6 Å². The van der Waals surface area contributed by atoms with Crippen LogP contribution in [-0.4, -0.2) is 36.2 Å². The molecular weight excluding hydrogens is 294 g/mol. The minimum atomic E-state index is -3.75. The van der Waals surface area contributed by atoms with Crippen LogP contribution in [-0.2, 0) is 16.4 Å². The van der Waals surface area contributed by atoms with Crippen LogP contribution in [0.15, 0.2) is 35.5 Å². The fourth-order valence-electron chi connectivity index (χ4n) is 2.55. The van der Waals surface area contributed by atoms with Crippen LogP contribution in [0.5, 0.6) is 0 Å². The standard InChI is InChI=1S/C13H13N3O4S/c17-13(18)10-3-1-5-11-9(10)4-2-8-16(11)21(19,20)12-6-7-14-15-12/h1,3,5-7H,2,4,8H2,(H,14,15)(H,17,18). The Morgan fingerprint density at radius 3 is 2.81 bits per heavy atom. The fraction of sp³-hybridized carbons (Fsp3) is 0.231. The molecule has 1 aromatic heterocycles. The summed E-state index contributed by atoms with van der Waals surface area (Å²) in [7, 11) is -3.75. The molecule has 3 rings (SSSR count). The quantitative estimate of drug-likeness (QED) is 0.888. The van der Waals surface area contributed by atoms with Gasteiger partial charge in [-0.25, -0.2) is 4.79 Å². The van der Waals surface area contributed by atoms with Gasteiger partial charge in [-0.2, -0.15) is 13.5 Å². The van der Waals surface area contributed by atoms with Crippen molar-refractivity contribution in [3.63, 3.8) is 0 Å². The summed E-state index contributed by atoms with van der Waals surface area (Å²) in [6.45, 7) is 0.317. The van der Waals surface area contributed by atoms with Crippen molar-refractivity contribution in [1.82, 2.24) is 10.2 Å². The number of fused-ring (bicyclic) bond motifs is 1. The van der Waals surface area contributed by atoms with Crippen LogP contribution in [0.2, 0.25) is 0 Å². The van der Waals surface area contributed by atoms with E-state index in [-0.39, 0.29) is 10.6 Å². The van der Waals surface area contributed by atoms with Crippen molar-refractivity contribution in [1.29, 1.82) is 0 Å². The minimum absolute atomic E-state index is 0.00363. The summed E-state index contributed by atoms with van der Waals surface area (Å²) in [5.74, 6) is -1.05. The number of carboxylic acid groups (broad SMARTS) is 1. The lowest BCUT2D eigenvalue weighted by molar-refractivity contribution is 0.0695. The van der Waals surface area contributed by atoms with E-state index in [4.69, 9.17) is 0 Å². The molecule has 0 fully saturated rings. The number of aromatic amines is 1. The summed E-state index contributed by atoms with van der Waals surface area (Å²) in [5.41, 5.74) is 1.13. The molecule has 0 radical (unpaired) electrons. The van der Waals surface area contributed by atoms with Gasteiger partial charge in [-0.05, 0) is 36.6 Å². The molecule has 1 aliphatic rings. The highest BCUT2D eigenvalue weighted by Gasteiger charge is 2.31. The first-order valence-electron chi connectivity index (χ1n) is 6.39. The van der Waals surface area contributed by atoms with Gasteiger partial charge in [-0.3, -0.25) is 9.40 Å². The molecule has 110 valence electrons. The molecule has 0 atom stereocenters. The van der Waals surface area contributed by atoms with Gasteiger partial charge in [0, 0.05) is 6.54 Å². The predicted octanol–water partition coefficient (Wildman–Crippen LogP) is 1.25. The van der Waals surface area contributed by atoms with Crippen LogP contribution in [0.4, 0.5) is 5.69 Å². The van der Waals surface area contributed by atoms with Gasteiger partial charge in [-0.1, -0.05) is 6.07 Å². The summed E-state index contributed by atoms with van der Waals surface area (Å²) in [4.78, 5) is 11.3. The number of rotatable bonds is 3. The first-order chi connectivity index (χ1) is 10.0. The van der Waals surface area contributed by atoms with E-state index >= 15 is 0 Å². The average molecular weight is 307 g/mol. The number of hydrogen-bond donors (Lipinski definition) is 2. The molecule has 2 N–H and O–H groups in total. The highest BCUT2D eigenvalue weighted by atomic mass is 32.2. The monoisotopic (exact) mass is 307 g/mol. The van der Waals surface area contributed by atoms with E-state index in [1.165, 1.54) is 22.6 Å². The number of carbonyl (C=O) groups is 1. The third kappa shape index (κ3) is 2.17. The Kier molecular flexibility index (Phi) is 3.17. The molecule has 0 aliphatic carbocycles. The van der Waals surface area contributed by atoms with Gasteiger partial charge in [0.25, 0.3) is 10.0 Å². The summed E-state index contributed by atoms with van der Waals surface area (Å²) < 4.78 is 26.4. The van der Waals surface area contributed by atoms with Gasteiger partial charge in [-0.15, -0.1) is 0 Å². The maximum Gasteiger partial charge on any atom is 0.336 e. The van der Waals surface area contributed by atoms with E-state index in [1.807, 2.05) is 0 Å². The second-order valence-corrected chi connectivity index (χ2v) is 6.54. The number of benzene rings is 1. The van der Waals surface area contributed by atoms with Crippen molar-refractivity contribution in [3.8, 4) is 0 Å². The number of carboxylic acids is 1. The molecule has 21 heavy (non-hydrogen) atoms. The molecule has 0 amide bonds. The lowest BCUT2D eigenvalue weighted by Gasteiger charge is -2.30. The van der Waals surface area contributed by atoms with E-state index < -0.39 is 16.0 Å². The third-order valence-corrected chi connectivity index (χ3v) is 5.22. The Labute approximate surface area is 121 Å². The van der Waals surface area contributed by atoms with Gasteiger partial charge >= 0.3 is 5.97 Å². The van der Waals surface area contributed by atoms with Crippen LogP contribution in [0, 0.1) is 0 Å². The number of nitrogens with one attached hydrogen (secondary N) is 1. The maximum atomic E-state index is 12.6. The van der Waals surface area contributed by atoms with Crippen molar-refractivity contribution in [2.75, 3.05) is 10.8 Å². The molecule has 0 saturated heterocycles. The van der Waals surface area contributed by atoms with Crippen LogP contribution in [0.3, 0.4) is 0 Å². The Bertz CT molecular complexity index is 784. The smallest absolute Gasteiger partial charge is 0.336 e. The van der Waals surface area contributed by atoms with Gasteiger partial charge in [0.2, 0.25) is 0 Å². The average Bonchev–Trinajstić information content (AvgIpc) is 3.00. The molecule has 1 aliphatic heterocycles. The Balaban J connectivity index is 2.14. The third-order valence-electron chi connectivity index (χ3n) is 3.48. The van der Waals surface area contributed by atoms with Gasteiger partial charge in [0.15, 0.2) is 5.03 Å². The molecular formula is C13H13N3O4S. The SMILES string of the molecule is O=C(O)c1cccc2c1CCCN2S(=O)(=O)c1ccn[nH]1. The number of aromatic carboxylic acids is 1. The molecule has 7 nitrogen and oxygen atoms in total. The summed E-state index contributed by atoms with van der Waals surface area (Å²) >= 11 is 0. The molecule has 0 bridgehead atoms. The molecule has 2 aromatic rings. The normalized spacial score (nSPS) is 14.8. The first-order valence-corrected chi connectivity index (χ1v) is 7.83. The first kappa shape index (κ1) is 13.6. The van der Waals surface area contributed by atoms with Crippen molar-refractivity contribution >= 4 is 21.7 Å². The molecule has 2 heterocycles. The lowest BCUT2D eigenvalue weighted by atomic mass is 9.98. The number of hydrogen-bond acceptors (Lipinski definition) is 4. The molecule has 0 saturated carbocycles. The Morgan fingerprint density at radius 1 is 1.33 bits per heavy atom. The number of anilines is 1. The van der Waals surface area contributed by atoms with Crippen molar-refractivity contribution < 1.29 is 18.3 Å². The second kappa shape index (κ2) is 4.88. The molecule has 8 heteroatoms. The molecule has 0 unspecified atom stereocenters. The van der Waals surface area contributed by atoms with Crippen molar-refractivity contribution in [2.45, 2.75) is 17.9 Å². The lowest BCUT2D eigenvalue weighted by Crippen LogP contribution is -2.36. The highest BCUT2D eigenvalue weighted by Crippen LogP contribution is 2.33. The second-order valence-electron chi connectivity index (χ2n) is 4.71. The summed E-state index contributed by atoms with van der Waals surface area (Å²) in [6, 6.07) is 6.07. The van der Waals surface area contributed by atoms with E-state index in [1.54, 1.807) is 12.1 Å². The van der Waals surface area contributed by atoms with Crippen LogP contribution >= 0.6 is 0 Å². The minimum Gasteiger partial charge on any atom is -0.478 e. The fourth-order valence-corrected chi connectivity index (χ4v) is 3.98. The number of aromatic nitrogens is 2. The number of H-pyrrole nitrogens is 1. The Morgan fingerprint density at radius 2 is 2.14 bits per heavy atom.